The largest absolute Gasteiger partial charge is 0.496 e. The van der Waals surface area contributed by atoms with Crippen LogP contribution in [0.5, 0.6) is 5.75 Å². The average Bonchev–Trinajstić information content (AvgIpc) is 3.09. The van der Waals surface area contributed by atoms with Crippen LogP contribution < -0.4 is 10.5 Å². The van der Waals surface area contributed by atoms with E-state index < -0.39 is 5.91 Å². The Bertz CT molecular complexity index is 1250. The van der Waals surface area contributed by atoms with Crippen LogP contribution >= 0.6 is 0 Å². The normalized spacial score (nSPS) is 10.8. The summed E-state index contributed by atoms with van der Waals surface area (Å²) in [6.07, 6.45) is 0. The molecular weight excluding hydrogens is 366 g/mol. The Morgan fingerprint density at radius 3 is 2.45 bits per heavy atom. The van der Waals surface area contributed by atoms with E-state index in [9.17, 15) is 9.59 Å². The molecule has 0 fully saturated rings. The Morgan fingerprint density at radius 1 is 0.931 bits per heavy atom. The van der Waals surface area contributed by atoms with Crippen LogP contribution in [0.3, 0.4) is 0 Å². The first-order valence-corrected chi connectivity index (χ1v) is 9.10. The third-order valence-corrected chi connectivity index (χ3v) is 4.98. The van der Waals surface area contributed by atoms with E-state index >= 15 is 0 Å². The third-order valence-electron chi connectivity index (χ3n) is 4.98. The lowest BCUT2D eigenvalue weighted by molar-refractivity contribution is 0.0995. The molecule has 1 amide bonds. The van der Waals surface area contributed by atoms with E-state index in [2.05, 4.69) is 0 Å². The molecule has 0 radical (unpaired) electrons. The number of aryl methyl sites for hydroxylation is 1. The van der Waals surface area contributed by atoms with Gasteiger partial charge in [-0.15, -0.1) is 0 Å². The van der Waals surface area contributed by atoms with E-state index in [0.717, 1.165) is 22.1 Å². The zero-order chi connectivity index (χ0) is 20.5. The van der Waals surface area contributed by atoms with Crippen LogP contribution in [-0.4, -0.2) is 18.8 Å². The number of rotatable bonds is 5. The van der Waals surface area contributed by atoms with Gasteiger partial charge in [-0.05, 0) is 48.4 Å². The summed E-state index contributed by atoms with van der Waals surface area (Å²) in [7, 11) is 1.53. The molecule has 0 saturated heterocycles. The Kier molecular flexibility index (Phi) is 4.64. The highest BCUT2D eigenvalue weighted by atomic mass is 16.5. The van der Waals surface area contributed by atoms with E-state index in [0.29, 0.717) is 22.5 Å². The van der Waals surface area contributed by atoms with E-state index in [-0.39, 0.29) is 11.5 Å². The lowest BCUT2D eigenvalue weighted by Gasteiger charge is -2.05. The van der Waals surface area contributed by atoms with Gasteiger partial charge in [0.15, 0.2) is 5.76 Å². The van der Waals surface area contributed by atoms with Crippen LogP contribution in [0.1, 0.15) is 32.0 Å². The number of ketones is 1. The van der Waals surface area contributed by atoms with Crippen LogP contribution in [-0.2, 0) is 0 Å². The molecule has 4 rings (SSSR count). The Balaban J connectivity index is 1.79. The molecule has 3 aromatic carbocycles. The Labute approximate surface area is 167 Å². The number of ether oxygens (including phenoxy) is 1. The van der Waals surface area contributed by atoms with Crippen molar-refractivity contribution in [1.82, 2.24) is 0 Å². The van der Waals surface area contributed by atoms with Crippen molar-refractivity contribution in [2.24, 2.45) is 5.73 Å². The van der Waals surface area contributed by atoms with Crippen molar-refractivity contribution in [3.05, 3.63) is 89.2 Å². The highest BCUT2D eigenvalue weighted by Crippen LogP contribution is 2.32. The van der Waals surface area contributed by atoms with Crippen molar-refractivity contribution in [2.75, 3.05) is 7.11 Å². The number of carbonyl (C=O) groups excluding carboxylic acids is 2. The van der Waals surface area contributed by atoms with E-state index in [1.165, 1.54) is 7.11 Å². The van der Waals surface area contributed by atoms with Crippen LogP contribution in [0.15, 0.2) is 71.1 Å². The van der Waals surface area contributed by atoms with Crippen molar-refractivity contribution in [1.29, 1.82) is 0 Å². The van der Waals surface area contributed by atoms with Gasteiger partial charge in [-0.3, -0.25) is 9.59 Å². The maximum Gasteiger partial charge on any atom is 0.248 e. The van der Waals surface area contributed by atoms with Crippen molar-refractivity contribution >= 4 is 22.7 Å². The molecule has 0 aliphatic rings. The van der Waals surface area contributed by atoms with E-state index in [4.69, 9.17) is 14.9 Å². The molecule has 0 atom stereocenters. The summed E-state index contributed by atoms with van der Waals surface area (Å²) in [6.45, 7) is 1.86. The number of primary amides is 1. The molecule has 1 heterocycles. The minimum absolute atomic E-state index is 0.228. The molecule has 0 saturated carbocycles. The summed E-state index contributed by atoms with van der Waals surface area (Å²) in [5.41, 5.74) is 9.35. The van der Waals surface area contributed by atoms with Crippen LogP contribution in [0.4, 0.5) is 0 Å². The van der Waals surface area contributed by atoms with Gasteiger partial charge >= 0.3 is 0 Å². The third kappa shape index (κ3) is 3.27. The monoisotopic (exact) mass is 385 g/mol. The lowest BCUT2D eigenvalue weighted by Crippen LogP contribution is -2.10. The lowest BCUT2D eigenvalue weighted by atomic mass is 10.00. The molecule has 5 nitrogen and oxygen atoms in total. The fourth-order valence-corrected chi connectivity index (χ4v) is 3.43. The van der Waals surface area contributed by atoms with Gasteiger partial charge in [0.05, 0.1) is 12.7 Å². The highest BCUT2D eigenvalue weighted by molar-refractivity contribution is 6.12. The number of hydrogen-bond donors (Lipinski definition) is 1. The van der Waals surface area contributed by atoms with Gasteiger partial charge in [0.2, 0.25) is 11.7 Å². The predicted octanol–water partition coefficient (Wildman–Crippen LogP) is 4.75. The van der Waals surface area contributed by atoms with Gasteiger partial charge in [0.1, 0.15) is 11.3 Å². The van der Waals surface area contributed by atoms with Crippen LogP contribution in [0.25, 0.3) is 22.1 Å². The van der Waals surface area contributed by atoms with Gasteiger partial charge in [0.25, 0.3) is 0 Å². The van der Waals surface area contributed by atoms with Crippen LogP contribution in [0, 0.1) is 6.92 Å². The number of fused-ring (bicyclic) bond motifs is 1. The molecule has 5 heteroatoms. The number of benzene rings is 3. The molecule has 0 spiro atoms. The minimum Gasteiger partial charge on any atom is -0.496 e. The SMILES string of the molecule is COc1ccccc1C(=O)c1oc2cc(-c3cccc(C(N)=O)c3)ccc2c1C. The summed E-state index contributed by atoms with van der Waals surface area (Å²) in [5.74, 6) is 0.0775. The second kappa shape index (κ2) is 7.28. The fraction of sp³-hybridized carbons (Fsp3) is 0.0833. The Morgan fingerprint density at radius 2 is 1.69 bits per heavy atom. The fourth-order valence-electron chi connectivity index (χ4n) is 3.43. The molecule has 4 aromatic rings. The second-order valence-corrected chi connectivity index (χ2v) is 6.74. The topological polar surface area (TPSA) is 82.5 Å². The molecule has 0 aliphatic heterocycles. The zero-order valence-electron chi connectivity index (χ0n) is 16.1. The summed E-state index contributed by atoms with van der Waals surface area (Å²) in [5, 5.41) is 0.859. The zero-order valence-corrected chi connectivity index (χ0v) is 16.1. The van der Waals surface area contributed by atoms with Gasteiger partial charge in [-0.2, -0.15) is 0 Å². The summed E-state index contributed by atoms with van der Waals surface area (Å²) in [6, 6.07) is 19.9. The molecule has 0 unspecified atom stereocenters. The van der Waals surface area contributed by atoms with Gasteiger partial charge in [0, 0.05) is 16.5 Å². The highest BCUT2D eigenvalue weighted by Gasteiger charge is 2.22. The summed E-state index contributed by atoms with van der Waals surface area (Å²) < 4.78 is 11.3. The van der Waals surface area contributed by atoms with E-state index in [1.54, 1.807) is 36.4 Å². The molecule has 0 bridgehead atoms. The number of nitrogens with two attached hydrogens (primary N) is 1. The van der Waals surface area contributed by atoms with Gasteiger partial charge < -0.3 is 14.9 Å². The number of carbonyl (C=O) groups is 2. The minimum atomic E-state index is -0.480. The first-order valence-electron chi connectivity index (χ1n) is 9.10. The molecule has 0 aliphatic carbocycles. The number of furan rings is 1. The predicted molar refractivity (Wildman–Crippen MR) is 111 cm³/mol. The van der Waals surface area contributed by atoms with Crippen molar-refractivity contribution in [3.63, 3.8) is 0 Å². The molecular formula is C24H19NO4. The number of para-hydroxylation sites is 1. The second-order valence-electron chi connectivity index (χ2n) is 6.74. The van der Waals surface area contributed by atoms with Crippen molar-refractivity contribution < 1.29 is 18.7 Å². The summed E-state index contributed by atoms with van der Waals surface area (Å²) >= 11 is 0. The molecule has 144 valence electrons. The number of amides is 1. The van der Waals surface area contributed by atoms with Crippen molar-refractivity contribution in [2.45, 2.75) is 6.92 Å². The summed E-state index contributed by atoms with van der Waals surface area (Å²) in [4.78, 5) is 24.5. The molecule has 2 N–H and O–H groups in total. The standard InChI is InChI=1S/C24H19NO4/c1-14-18-11-10-16(15-6-5-7-17(12-15)24(25)27)13-21(18)29-23(14)22(26)19-8-3-4-9-20(19)28-2/h3-13H,1-2H3,(H2,25,27). The molecule has 1 aromatic heterocycles. The maximum atomic E-state index is 13.1. The van der Waals surface area contributed by atoms with Crippen molar-refractivity contribution in [3.8, 4) is 16.9 Å². The number of methoxy groups -OCH3 is 1. The van der Waals surface area contributed by atoms with Gasteiger partial charge in [-0.1, -0.05) is 36.4 Å². The Hall–Kier alpha value is -3.86. The average molecular weight is 385 g/mol. The molecule has 29 heavy (non-hydrogen) atoms. The maximum absolute atomic E-state index is 13.1. The van der Waals surface area contributed by atoms with Crippen LogP contribution in [0.2, 0.25) is 0 Å². The number of hydrogen-bond acceptors (Lipinski definition) is 4. The quantitative estimate of drug-likeness (QED) is 0.503. The smallest absolute Gasteiger partial charge is 0.248 e. The first-order chi connectivity index (χ1) is 14.0. The van der Waals surface area contributed by atoms with E-state index in [1.807, 2.05) is 37.3 Å². The first kappa shape index (κ1) is 18.5. The van der Waals surface area contributed by atoms with Gasteiger partial charge in [-0.25, -0.2) is 0 Å².